The van der Waals surface area contributed by atoms with Crippen molar-refractivity contribution in [1.82, 2.24) is 5.32 Å². The highest BCUT2D eigenvalue weighted by atomic mass is 15.0. The molecule has 2 unspecified atom stereocenters. The highest BCUT2D eigenvalue weighted by Crippen LogP contribution is 2.32. The van der Waals surface area contributed by atoms with E-state index in [1.807, 2.05) is 0 Å². The molecule has 1 aliphatic carbocycles. The van der Waals surface area contributed by atoms with E-state index >= 15 is 0 Å². The van der Waals surface area contributed by atoms with Gasteiger partial charge in [-0.15, -0.1) is 0 Å². The number of rotatable bonds is 2. The lowest BCUT2D eigenvalue weighted by atomic mass is 9.75. The van der Waals surface area contributed by atoms with Crippen LogP contribution in [0.25, 0.3) is 0 Å². The predicted molar refractivity (Wildman–Crippen MR) is 49.4 cm³/mol. The van der Waals surface area contributed by atoms with Gasteiger partial charge in [0.05, 0.1) is 0 Å². The van der Waals surface area contributed by atoms with Gasteiger partial charge in [0.2, 0.25) is 0 Å². The number of hydrogen-bond acceptors (Lipinski definition) is 1. The molecule has 0 aromatic carbocycles. The predicted octanol–water partition coefficient (Wildman–Crippen LogP) is 2.38. The lowest BCUT2D eigenvalue weighted by Crippen LogP contribution is -2.49. The summed E-state index contributed by atoms with van der Waals surface area (Å²) in [5.74, 6) is 0.818. The van der Waals surface area contributed by atoms with Crippen molar-refractivity contribution in [3.63, 3.8) is 0 Å². The second-order valence-electron chi connectivity index (χ2n) is 3.99. The normalized spacial score (nSPS) is 39.0. The molecule has 1 fully saturated rings. The molecule has 0 aliphatic heterocycles. The molecule has 1 heteroatoms. The van der Waals surface area contributed by atoms with Crippen molar-refractivity contribution in [3.05, 3.63) is 6.92 Å². The van der Waals surface area contributed by atoms with Crippen LogP contribution < -0.4 is 5.32 Å². The van der Waals surface area contributed by atoms with Crippen molar-refractivity contribution >= 4 is 0 Å². The first-order chi connectivity index (χ1) is 5.19. The Morgan fingerprint density at radius 3 is 2.82 bits per heavy atom. The molecule has 11 heavy (non-hydrogen) atoms. The van der Waals surface area contributed by atoms with E-state index in [9.17, 15) is 0 Å². The van der Waals surface area contributed by atoms with E-state index < -0.39 is 0 Å². The summed E-state index contributed by atoms with van der Waals surface area (Å²) in [5.41, 5.74) is 0.375. The molecule has 0 saturated heterocycles. The summed E-state index contributed by atoms with van der Waals surface area (Å²) >= 11 is 0. The zero-order valence-corrected chi connectivity index (χ0v) is 7.82. The fourth-order valence-corrected chi connectivity index (χ4v) is 2.06. The Hall–Kier alpha value is -0.0400. The van der Waals surface area contributed by atoms with Gasteiger partial charge in [-0.1, -0.05) is 19.8 Å². The summed E-state index contributed by atoms with van der Waals surface area (Å²) in [5, 5.41) is 3.50. The second-order valence-corrected chi connectivity index (χ2v) is 3.99. The molecule has 1 aliphatic rings. The third-order valence-corrected chi connectivity index (χ3v) is 3.20. The fraction of sp³-hybridized carbons (Fsp3) is 0.900. The average molecular weight is 154 g/mol. The fourth-order valence-electron chi connectivity index (χ4n) is 2.06. The van der Waals surface area contributed by atoms with Crippen LogP contribution >= 0.6 is 0 Å². The van der Waals surface area contributed by atoms with E-state index in [0.29, 0.717) is 5.54 Å². The van der Waals surface area contributed by atoms with Crippen molar-refractivity contribution in [3.8, 4) is 0 Å². The topological polar surface area (TPSA) is 12.0 Å². The van der Waals surface area contributed by atoms with Crippen molar-refractivity contribution in [2.24, 2.45) is 5.92 Å². The van der Waals surface area contributed by atoms with Gasteiger partial charge in [0.25, 0.3) is 0 Å². The van der Waals surface area contributed by atoms with Gasteiger partial charge in [-0.05, 0) is 39.2 Å². The van der Waals surface area contributed by atoms with Crippen LogP contribution in [0.4, 0.5) is 0 Å². The maximum Gasteiger partial charge on any atom is 0.0178 e. The maximum absolute atomic E-state index is 3.85. The van der Waals surface area contributed by atoms with E-state index in [1.54, 1.807) is 0 Å². The molecular weight excluding hydrogens is 134 g/mol. The largest absolute Gasteiger partial charge is 0.311 e. The summed E-state index contributed by atoms with van der Waals surface area (Å²) in [6.07, 6.45) is 5.50. The molecule has 1 radical (unpaired) electrons. The Labute approximate surface area is 70.6 Å². The van der Waals surface area contributed by atoms with Gasteiger partial charge in [0.15, 0.2) is 0 Å². The maximum atomic E-state index is 3.85. The van der Waals surface area contributed by atoms with Crippen LogP contribution in [-0.2, 0) is 0 Å². The molecule has 0 spiro atoms. The summed E-state index contributed by atoms with van der Waals surface area (Å²) < 4.78 is 0. The standard InChI is InChI=1S/C10H20N/c1-4-11-10(3)8-6-5-7-9(10)2/h9,11H,1,4-8H2,2-3H3. The van der Waals surface area contributed by atoms with Gasteiger partial charge in [-0.25, -0.2) is 0 Å². The highest BCUT2D eigenvalue weighted by molar-refractivity contribution is 4.91. The number of hydrogen-bond donors (Lipinski definition) is 1. The zero-order chi connectivity index (χ0) is 8.32. The van der Waals surface area contributed by atoms with Gasteiger partial charge in [0, 0.05) is 5.54 Å². The van der Waals surface area contributed by atoms with Crippen molar-refractivity contribution < 1.29 is 0 Å². The van der Waals surface area contributed by atoms with E-state index in [2.05, 4.69) is 26.1 Å². The average Bonchev–Trinajstić information content (AvgIpc) is 1.96. The molecule has 1 saturated carbocycles. The molecule has 1 N–H and O–H groups in total. The van der Waals surface area contributed by atoms with E-state index in [4.69, 9.17) is 0 Å². The van der Waals surface area contributed by atoms with Crippen LogP contribution in [0.5, 0.6) is 0 Å². The molecule has 1 nitrogen and oxygen atoms in total. The molecule has 0 aromatic rings. The summed E-state index contributed by atoms with van der Waals surface area (Å²) in [4.78, 5) is 0. The first kappa shape index (κ1) is 9.05. The van der Waals surface area contributed by atoms with Gasteiger partial charge in [-0.3, -0.25) is 0 Å². The SMILES string of the molecule is [CH2]CNC1(C)CCCCC1C. The Morgan fingerprint density at radius 1 is 1.55 bits per heavy atom. The van der Waals surface area contributed by atoms with Crippen LogP contribution in [0.2, 0.25) is 0 Å². The lowest BCUT2D eigenvalue weighted by Gasteiger charge is -2.40. The van der Waals surface area contributed by atoms with E-state index in [0.717, 1.165) is 12.5 Å². The minimum atomic E-state index is 0.375. The molecule has 0 heterocycles. The quantitative estimate of drug-likeness (QED) is 0.644. The Bertz CT molecular complexity index is 118. The van der Waals surface area contributed by atoms with Crippen molar-refractivity contribution in [1.29, 1.82) is 0 Å². The van der Waals surface area contributed by atoms with E-state index in [-0.39, 0.29) is 0 Å². The highest BCUT2D eigenvalue weighted by Gasteiger charge is 2.31. The van der Waals surface area contributed by atoms with Crippen LogP contribution in [0.15, 0.2) is 0 Å². The summed E-state index contributed by atoms with van der Waals surface area (Å²) in [7, 11) is 0. The first-order valence-corrected chi connectivity index (χ1v) is 4.73. The molecular formula is C10H20N. The van der Waals surface area contributed by atoms with Crippen molar-refractivity contribution in [2.45, 2.75) is 45.1 Å². The van der Waals surface area contributed by atoms with Crippen molar-refractivity contribution in [2.75, 3.05) is 6.54 Å². The minimum absolute atomic E-state index is 0.375. The van der Waals surface area contributed by atoms with Gasteiger partial charge in [0.1, 0.15) is 0 Å². The van der Waals surface area contributed by atoms with Crippen LogP contribution in [-0.4, -0.2) is 12.1 Å². The molecule has 1 rings (SSSR count). The Kier molecular flexibility index (Phi) is 2.94. The zero-order valence-electron chi connectivity index (χ0n) is 7.82. The molecule has 0 aromatic heterocycles. The molecule has 0 bridgehead atoms. The third-order valence-electron chi connectivity index (χ3n) is 3.20. The summed E-state index contributed by atoms with van der Waals surface area (Å²) in [6.45, 7) is 9.39. The third kappa shape index (κ3) is 1.96. The first-order valence-electron chi connectivity index (χ1n) is 4.73. The molecule has 65 valence electrons. The van der Waals surface area contributed by atoms with Crippen LogP contribution in [0.1, 0.15) is 39.5 Å². The Morgan fingerprint density at radius 2 is 2.27 bits per heavy atom. The lowest BCUT2D eigenvalue weighted by molar-refractivity contribution is 0.180. The van der Waals surface area contributed by atoms with Gasteiger partial charge in [-0.2, -0.15) is 0 Å². The van der Waals surface area contributed by atoms with Crippen LogP contribution in [0.3, 0.4) is 0 Å². The van der Waals surface area contributed by atoms with Gasteiger partial charge < -0.3 is 5.32 Å². The Balaban J connectivity index is 2.49. The summed E-state index contributed by atoms with van der Waals surface area (Å²) in [6, 6.07) is 0. The number of nitrogens with one attached hydrogen (secondary N) is 1. The van der Waals surface area contributed by atoms with Crippen LogP contribution in [0, 0.1) is 12.8 Å². The monoisotopic (exact) mass is 154 g/mol. The molecule has 2 atom stereocenters. The minimum Gasteiger partial charge on any atom is -0.311 e. The van der Waals surface area contributed by atoms with Gasteiger partial charge >= 0.3 is 0 Å². The smallest absolute Gasteiger partial charge is 0.0178 e. The molecule has 0 amide bonds. The van der Waals surface area contributed by atoms with E-state index in [1.165, 1.54) is 25.7 Å². The second kappa shape index (κ2) is 3.57.